The zero-order chi connectivity index (χ0) is 14.4. The highest BCUT2D eigenvalue weighted by atomic mass is 16.6. The van der Waals surface area contributed by atoms with E-state index in [2.05, 4.69) is 17.2 Å². The zero-order valence-electron chi connectivity index (χ0n) is 11.5. The van der Waals surface area contributed by atoms with Gasteiger partial charge in [-0.15, -0.1) is 0 Å². The highest BCUT2D eigenvalue weighted by molar-refractivity contribution is 5.34. The number of nitro groups is 1. The SMILES string of the molecule is CCCNCc1nccn1Cc1cccc([N+](=O)[O-])c1. The standard InChI is InChI=1S/C14H18N4O2/c1-2-6-15-10-14-16-7-8-17(14)11-12-4-3-5-13(9-12)18(19)20/h3-5,7-9,15H,2,6,10-11H2,1H3. The average Bonchev–Trinajstić information content (AvgIpc) is 2.87. The van der Waals surface area contributed by atoms with Gasteiger partial charge in [0.15, 0.2) is 0 Å². The molecule has 0 radical (unpaired) electrons. The van der Waals surface area contributed by atoms with Gasteiger partial charge >= 0.3 is 0 Å². The molecule has 0 atom stereocenters. The summed E-state index contributed by atoms with van der Waals surface area (Å²) in [5.74, 6) is 0.935. The molecule has 0 saturated heterocycles. The predicted molar refractivity (Wildman–Crippen MR) is 76.4 cm³/mol. The van der Waals surface area contributed by atoms with Crippen molar-refractivity contribution in [3.63, 3.8) is 0 Å². The van der Waals surface area contributed by atoms with Crippen molar-refractivity contribution in [2.24, 2.45) is 0 Å². The number of benzene rings is 1. The molecule has 1 N–H and O–H groups in total. The quantitative estimate of drug-likeness (QED) is 0.478. The molecule has 0 aliphatic rings. The Bertz CT molecular complexity index is 580. The normalized spacial score (nSPS) is 10.7. The second-order valence-corrected chi connectivity index (χ2v) is 4.58. The Balaban J connectivity index is 2.08. The molecule has 2 aromatic rings. The van der Waals surface area contributed by atoms with E-state index in [0.717, 1.165) is 24.4 Å². The van der Waals surface area contributed by atoms with Gasteiger partial charge in [0.1, 0.15) is 5.82 Å². The molecule has 20 heavy (non-hydrogen) atoms. The maximum atomic E-state index is 10.8. The van der Waals surface area contributed by atoms with E-state index in [-0.39, 0.29) is 10.6 Å². The lowest BCUT2D eigenvalue weighted by atomic mass is 10.2. The highest BCUT2D eigenvalue weighted by Gasteiger charge is 2.08. The van der Waals surface area contributed by atoms with Crippen LogP contribution in [0.1, 0.15) is 24.7 Å². The summed E-state index contributed by atoms with van der Waals surface area (Å²) in [5, 5.41) is 14.1. The minimum atomic E-state index is -0.374. The first-order valence-electron chi connectivity index (χ1n) is 6.64. The number of hydrogen-bond donors (Lipinski definition) is 1. The third-order valence-corrected chi connectivity index (χ3v) is 2.99. The van der Waals surface area contributed by atoms with Gasteiger partial charge in [-0.2, -0.15) is 0 Å². The predicted octanol–water partition coefficient (Wildman–Crippen LogP) is 2.34. The Labute approximate surface area is 117 Å². The van der Waals surface area contributed by atoms with Gasteiger partial charge in [-0.05, 0) is 18.5 Å². The summed E-state index contributed by atoms with van der Waals surface area (Å²) in [4.78, 5) is 14.7. The van der Waals surface area contributed by atoms with E-state index in [1.165, 1.54) is 6.07 Å². The van der Waals surface area contributed by atoms with Crippen molar-refractivity contribution in [1.29, 1.82) is 0 Å². The summed E-state index contributed by atoms with van der Waals surface area (Å²) in [7, 11) is 0. The largest absolute Gasteiger partial charge is 0.329 e. The molecule has 1 aromatic carbocycles. The number of hydrogen-bond acceptors (Lipinski definition) is 4. The van der Waals surface area contributed by atoms with Crippen molar-refractivity contribution in [3.05, 3.63) is 58.2 Å². The molecule has 106 valence electrons. The first kappa shape index (κ1) is 14.2. The van der Waals surface area contributed by atoms with E-state index in [9.17, 15) is 10.1 Å². The lowest BCUT2D eigenvalue weighted by molar-refractivity contribution is -0.384. The first-order chi connectivity index (χ1) is 9.70. The molecule has 0 aliphatic heterocycles. The second kappa shape index (κ2) is 6.81. The van der Waals surface area contributed by atoms with Crippen molar-refractivity contribution >= 4 is 5.69 Å². The molecular weight excluding hydrogens is 256 g/mol. The number of nitrogens with one attached hydrogen (secondary N) is 1. The number of aromatic nitrogens is 2. The van der Waals surface area contributed by atoms with E-state index in [0.29, 0.717) is 13.1 Å². The molecule has 6 nitrogen and oxygen atoms in total. The molecule has 6 heteroatoms. The van der Waals surface area contributed by atoms with Crippen LogP contribution in [0.3, 0.4) is 0 Å². The van der Waals surface area contributed by atoms with Crippen molar-refractivity contribution in [1.82, 2.24) is 14.9 Å². The molecule has 0 aliphatic carbocycles. The lowest BCUT2D eigenvalue weighted by Gasteiger charge is -2.08. The van der Waals surface area contributed by atoms with Crippen LogP contribution in [0.25, 0.3) is 0 Å². The van der Waals surface area contributed by atoms with Gasteiger partial charge in [0.05, 0.1) is 11.5 Å². The molecule has 0 amide bonds. The Kier molecular flexibility index (Phi) is 4.84. The molecular formula is C14H18N4O2. The lowest BCUT2D eigenvalue weighted by Crippen LogP contribution is -2.17. The summed E-state index contributed by atoms with van der Waals surface area (Å²) in [6, 6.07) is 6.69. The Morgan fingerprint density at radius 2 is 2.30 bits per heavy atom. The van der Waals surface area contributed by atoms with E-state index in [1.807, 2.05) is 16.8 Å². The van der Waals surface area contributed by atoms with Gasteiger partial charge in [-0.25, -0.2) is 4.98 Å². The van der Waals surface area contributed by atoms with Crippen LogP contribution in [0, 0.1) is 10.1 Å². The van der Waals surface area contributed by atoms with Gasteiger partial charge in [-0.3, -0.25) is 10.1 Å². The molecule has 2 rings (SSSR count). The van der Waals surface area contributed by atoms with E-state index in [4.69, 9.17) is 0 Å². The number of non-ortho nitro benzene ring substituents is 1. The third kappa shape index (κ3) is 3.64. The smallest absolute Gasteiger partial charge is 0.269 e. The van der Waals surface area contributed by atoms with E-state index >= 15 is 0 Å². The van der Waals surface area contributed by atoms with Crippen molar-refractivity contribution in [3.8, 4) is 0 Å². The number of rotatable bonds is 7. The maximum absolute atomic E-state index is 10.8. The third-order valence-electron chi connectivity index (χ3n) is 2.99. The summed E-state index contributed by atoms with van der Waals surface area (Å²) in [6.45, 7) is 4.35. The van der Waals surface area contributed by atoms with Crippen LogP contribution in [0.15, 0.2) is 36.7 Å². The Morgan fingerprint density at radius 3 is 3.05 bits per heavy atom. The molecule has 0 spiro atoms. The molecule has 0 saturated carbocycles. The molecule has 0 unspecified atom stereocenters. The van der Waals surface area contributed by atoms with Crippen LogP contribution in [0.2, 0.25) is 0 Å². The Hall–Kier alpha value is -2.21. The monoisotopic (exact) mass is 274 g/mol. The second-order valence-electron chi connectivity index (χ2n) is 4.58. The van der Waals surface area contributed by atoms with Crippen LogP contribution in [-0.2, 0) is 13.1 Å². The minimum absolute atomic E-state index is 0.119. The fourth-order valence-corrected chi connectivity index (χ4v) is 1.99. The topological polar surface area (TPSA) is 73.0 Å². The fourth-order valence-electron chi connectivity index (χ4n) is 1.99. The molecule has 1 heterocycles. The summed E-state index contributed by atoms with van der Waals surface area (Å²) >= 11 is 0. The Morgan fingerprint density at radius 1 is 1.45 bits per heavy atom. The van der Waals surface area contributed by atoms with Gasteiger partial charge in [-0.1, -0.05) is 19.1 Å². The van der Waals surface area contributed by atoms with Gasteiger partial charge in [0, 0.05) is 31.1 Å². The summed E-state index contributed by atoms with van der Waals surface area (Å²) in [5.41, 5.74) is 1.02. The number of nitro benzene ring substituents is 1. The first-order valence-corrected chi connectivity index (χ1v) is 6.64. The summed E-state index contributed by atoms with van der Waals surface area (Å²) in [6.07, 6.45) is 4.72. The van der Waals surface area contributed by atoms with Crippen molar-refractivity contribution in [2.45, 2.75) is 26.4 Å². The fraction of sp³-hybridized carbons (Fsp3) is 0.357. The van der Waals surface area contributed by atoms with E-state index < -0.39 is 0 Å². The van der Waals surface area contributed by atoms with Crippen molar-refractivity contribution in [2.75, 3.05) is 6.54 Å². The number of nitrogens with zero attached hydrogens (tertiary/aromatic N) is 3. The van der Waals surface area contributed by atoms with Crippen LogP contribution < -0.4 is 5.32 Å². The summed E-state index contributed by atoms with van der Waals surface area (Å²) < 4.78 is 2.00. The van der Waals surface area contributed by atoms with Gasteiger partial charge in [0.25, 0.3) is 5.69 Å². The molecule has 0 bridgehead atoms. The molecule has 0 fully saturated rings. The highest BCUT2D eigenvalue weighted by Crippen LogP contribution is 2.14. The van der Waals surface area contributed by atoms with Crippen molar-refractivity contribution < 1.29 is 4.92 Å². The van der Waals surface area contributed by atoms with Crippen LogP contribution in [-0.4, -0.2) is 21.0 Å². The van der Waals surface area contributed by atoms with E-state index in [1.54, 1.807) is 18.3 Å². The van der Waals surface area contributed by atoms with Crippen LogP contribution in [0.4, 0.5) is 5.69 Å². The van der Waals surface area contributed by atoms with Crippen LogP contribution in [0.5, 0.6) is 0 Å². The molecule has 1 aromatic heterocycles. The van der Waals surface area contributed by atoms with Gasteiger partial charge < -0.3 is 9.88 Å². The van der Waals surface area contributed by atoms with Gasteiger partial charge in [0.2, 0.25) is 0 Å². The zero-order valence-corrected chi connectivity index (χ0v) is 11.5. The maximum Gasteiger partial charge on any atom is 0.269 e. The average molecular weight is 274 g/mol. The number of imidazole rings is 1. The minimum Gasteiger partial charge on any atom is -0.329 e. The van der Waals surface area contributed by atoms with Crippen LogP contribution >= 0.6 is 0 Å².